The molecule has 2 aromatic carbocycles. The first-order valence-corrected chi connectivity index (χ1v) is 12.2. The molecule has 9 heteroatoms. The van der Waals surface area contributed by atoms with Gasteiger partial charge in [0.15, 0.2) is 5.82 Å². The largest absolute Gasteiger partial charge is 0.448 e. The third kappa shape index (κ3) is 5.88. The number of pyridine rings is 1. The fourth-order valence-corrected chi connectivity index (χ4v) is 4.11. The number of rotatable bonds is 9. The van der Waals surface area contributed by atoms with Crippen LogP contribution < -0.4 is 16.4 Å². The lowest BCUT2D eigenvalue weighted by atomic mass is 10.1. The Labute approximate surface area is 215 Å². The fraction of sp³-hybridized carbons (Fsp3) is 0.286. The molecule has 0 atom stereocenters. The molecule has 0 saturated carbocycles. The van der Waals surface area contributed by atoms with Crippen LogP contribution in [0.3, 0.4) is 0 Å². The number of imidazole rings is 1. The van der Waals surface area contributed by atoms with Crippen LogP contribution in [0.2, 0.25) is 0 Å². The number of alkyl carbamates (subject to hydrolysis) is 1. The Morgan fingerprint density at radius 1 is 1.05 bits per heavy atom. The minimum absolute atomic E-state index is 0.0789. The van der Waals surface area contributed by atoms with Crippen LogP contribution in [0.1, 0.15) is 43.6 Å². The number of nitrogens with zero attached hydrogens (tertiary/aromatic N) is 3. The molecule has 0 fully saturated rings. The standard InChI is InChI=1S/C28H32N6O3/c1-17(2)26-33-23-24(21-7-5-6-8-22(21)32-25(23)29)34(26)16-20-11-9-19(10-12-20)15-31-28(36)37-14-13-30-27(35)18(3)4/h5-12,17H,3,13-16H2,1-2,4H3,(H2,29,32)(H,30,35)(H,31,36). The highest BCUT2D eigenvalue weighted by Crippen LogP contribution is 2.31. The molecular weight excluding hydrogens is 468 g/mol. The van der Waals surface area contributed by atoms with E-state index in [1.807, 2.05) is 42.5 Å². The van der Waals surface area contributed by atoms with Gasteiger partial charge in [0, 0.05) is 30.0 Å². The molecule has 0 aliphatic heterocycles. The van der Waals surface area contributed by atoms with Crippen LogP contribution in [0.5, 0.6) is 0 Å². The Hall–Kier alpha value is -4.40. The van der Waals surface area contributed by atoms with Crippen LogP contribution in [0.4, 0.5) is 10.6 Å². The van der Waals surface area contributed by atoms with Crippen molar-refractivity contribution in [1.82, 2.24) is 25.2 Å². The van der Waals surface area contributed by atoms with E-state index in [0.717, 1.165) is 38.9 Å². The molecule has 0 spiro atoms. The number of nitrogens with two attached hydrogens (primary N) is 1. The van der Waals surface area contributed by atoms with Gasteiger partial charge >= 0.3 is 6.09 Å². The molecule has 2 aromatic heterocycles. The number of benzene rings is 2. The zero-order valence-corrected chi connectivity index (χ0v) is 21.4. The highest BCUT2D eigenvalue weighted by molar-refractivity contribution is 6.06. The number of nitrogen functional groups attached to an aromatic ring is 1. The van der Waals surface area contributed by atoms with E-state index in [1.54, 1.807) is 6.92 Å². The van der Waals surface area contributed by atoms with Gasteiger partial charge in [-0.25, -0.2) is 14.8 Å². The van der Waals surface area contributed by atoms with Gasteiger partial charge in [-0.2, -0.15) is 0 Å². The Kier molecular flexibility index (Phi) is 7.71. The monoisotopic (exact) mass is 500 g/mol. The third-order valence-electron chi connectivity index (χ3n) is 5.97. The Bertz CT molecular complexity index is 1460. The third-order valence-corrected chi connectivity index (χ3v) is 5.97. The summed E-state index contributed by atoms with van der Waals surface area (Å²) >= 11 is 0. The smallest absolute Gasteiger partial charge is 0.407 e. The van der Waals surface area contributed by atoms with E-state index in [0.29, 0.717) is 24.5 Å². The number of hydrogen-bond donors (Lipinski definition) is 3. The van der Waals surface area contributed by atoms with Crippen LogP contribution in [-0.4, -0.2) is 39.7 Å². The Morgan fingerprint density at radius 3 is 2.46 bits per heavy atom. The normalized spacial score (nSPS) is 11.1. The van der Waals surface area contributed by atoms with Crippen molar-refractivity contribution in [3.05, 3.63) is 77.6 Å². The summed E-state index contributed by atoms with van der Waals surface area (Å²) in [6.07, 6.45) is -0.543. The number of carbonyl (C=O) groups is 2. The topological polar surface area (TPSA) is 124 Å². The number of para-hydroxylation sites is 1. The molecule has 0 aliphatic rings. The molecule has 0 unspecified atom stereocenters. The van der Waals surface area contributed by atoms with Gasteiger partial charge < -0.3 is 25.7 Å². The summed E-state index contributed by atoms with van der Waals surface area (Å²) in [5, 5.41) is 6.35. The molecular formula is C28H32N6O3. The molecule has 4 N–H and O–H groups in total. The number of carbonyl (C=O) groups excluding carboxylic acids is 2. The minimum atomic E-state index is -0.543. The average Bonchev–Trinajstić information content (AvgIpc) is 3.26. The van der Waals surface area contributed by atoms with Crippen molar-refractivity contribution in [1.29, 1.82) is 0 Å². The molecule has 4 aromatic rings. The van der Waals surface area contributed by atoms with Gasteiger partial charge in [-0.1, -0.05) is 62.9 Å². The summed E-state index contributed by atoms with van der Waals surface area (Å²) in [6, 6.07) is 16.0. The van der Waals surface area contributed by atoms with Crippen molar-refractivity contribution < 1.29 is 14.3 Å². The number of ether oxygens (including phenoxy) is 1. The number of amides is 2. The van der Waals surface area contributed by atoms with E-state index in [2.05, 4.69) is 46.7 Å². The molecule has 192 valence electrons. The summed E-state index contributed by atoms with van der Waals surface area (Å²) in [7, 11) is 0. The molecule has 2 heterocycles. The number of nitrogens with one attached hydrogen (secondary N) is 2. The van der Waals surface area contributed by atoms with Gasteiger partial charge in [-0.3, -0.25) is 4.79 Å². The van der Waals surface area contributed by atoms with E-state index in [4.69, 9.17) is 15.5 Å². The summed E-state index contributed by atoms with van der Waals surface area (Å²) in [5.74, 6) is 1.32. The maximum Gasteiger partial charge on any atom is 0.407 e. The van der Waals surface area contributed by atoms with E-state index >= 15 is 0 Å². The van der Waals surface area contributed by atoms with Gasteiger partial charge in [0.05, 0.1) is 17.6 Å². The lowest BCUT2D eigenvalue weighted by Gasteiger charge is -2.13. The van der Waals surface area contributed by atoms with Crippen LogP contribution in [0.15, 0.2) is 60.7 Å². The first-order valence-electron chi connectivity index (χ1n) is 12.2. The highest BCUT2D eigenvalue weighted by atomic mass is 16.5. The number of fused-ring (bicyclic) bond motifs is 3. The SMILES string of the molecule is C=C(C)C(=O)NCCOC(=O)NCc1ccc(Cn2c(C(C)C)nc3c(N)nc4ccccc4c32)cc1. The van der Waals surface area contributed by atoms with Gasteiger partial charge in [0.25, 0.3) is 0 Å². The van der Waals surface area contributed by atoms with Crippen LogP contribution in [0.25, 0.3) is 21.9 Å². The number of hydrogen-bond acceptors (Lipinski definition) is 6. The zero-order chi connectivity index (χ0) is 26.5. The molecule has 9 nitrogen and oxygen atoms in total. The minimum Gasteiger partial charge on any atom is -0.448 e. The highest BCUT2D eigenvalue weighted by Gasteiger charge is 2.19. The predicted octanol–water partition coefficient (Wildman–Crippen LogP) is 4.26. The van der Waals surface area contributed by atoms with Crippen LogP contribution >= 0.6 is 0 Å². The quantitative estimate of drug-likeness (QED) is 0.233. The van der Waals surface area contributed by atoms with Crippen molar-refractivity contribution in [2.45, 2.75) is 39.8 Å². The van der Waals surface area contributed by atoms with Crippen LogP contribution in [0, 0.1) is 0 Å². The second-order valence-corrected chi connectivity index (χ2v) is 9.26. The lowest BCUT2D eigenvalue weighted by Crippen LogP contribution is -2.31. The van der Waals surface area contributed by atoms with E-state index in [1.165, 1.54) is 0 Å². The van der Waals surface area contributed by atoms with Crippen molar-refractivity contribution in [3.8, 4) is 0 Å². The second-order valence-electron chi connectivity index (χ2n) is 9.26. The molecule has 0 saturated heterocycles. The first-order chi connectivity index (χ1) is 17.7. The van der Waals surface area contributed by atoms with Crippen LogP contribution in [-0.2, 0) is 22.6 Å². The van der Waals surface area contributed by atoms with Gasteiger partial charge in [0.1, 0.15) is 17.9 Å². The summed E-state index contributed by atoms with van der Waals surface area (Å²) < 4.78 is 7.31. The van der Waals surface area contributed by atoms with Gasteiger partial charge in [0.2, 0.25) is 5.91 Å². The van der Waals surface area contributed by atoms with Gasteiger partial charge in [-0.15, -0.1) is 0 Å². The molecule has 0 radical (unpaired) electrons. The Morgan fingerprint density at radius 2 is 1.76 bits per heavy atom. The van der Waals surface area contributed by atoms with Gasteiger partial charge in [-0.05, 0) is 24.1 Å². The second kappa shape index (κ2) is 11.1. The fourth-order valence-electron chi connectivity index (χ4n) is 4.11. The summed E-state index contributed by atoms with van der Waals surface area (Å²) in [5.41, 5.74) is 11.3. The summed E-state index contributed by atoms with van der Waals surface area (Å²) in [4.78, 5) is 32.8. The maximum atomic E-state index is 11.9. The Balaban J connectivity index is 1.44. The van der Waals surface area contributed by atoms with E-state index < -0.39 is 6.09 Å². The summed E-state index contributed by atoms with van der Waals surface area (Å²) in [6.45, 7) is 10.7. The van der Waals surface area contributed by atoms with Crippen molar-refractivity contribution in [2.75, 3.05) is 18.9 Å². The number of aromatic nitrogens is 3. The van der Waals surface area contributed by atoms with Crippen molar-refractivity contribution in [2.24, 2.45) is 0 Å². The molecule has 4 rings (SSSR count). The average molecular weight is 501 g/mol. The zero-order valence-electron chi connectivity index (χ0n) is 21.4. The maximum absolute atomic E-state index is 11.9. The first kappa shape index (κ1) is 25.7. The predicted molar refractivity (Wildman–Crippen MR) is 145 cm³/mol. The molecule has 0 aliphatic carbocycles. The molecule has 2 amide bonds. The van der Waals surface area contributed by atoms with E-state index in [9.17, 15) is 9.59 Å². The van der Waals surface area contributed by atoms with Crippen molar-refractivity contribution >= 4 is 39.8 Å². The lowest BCUT2D eigenvalue weighted by molar-refractivity contribution is -0.117. The van der Waals surface area contributed by atoms with Crippen molar-refractivity contribution in [3.63, 3.8) is 0 Å². The van der Waals surface area contributed by atoms with E-state index in [-0.39, 0.29) is 25.0 Å². The molecule has 37 heavy (non-hydrogen) atoms. The number of anilines is 1. The molecule has 0 bridgehead atoms.